The van der Waals surface area contributed by atoms with Crippen molar-refractivity contribution in [3.05, 3.63) is 88.4 Å². The molecular formula is C22H23ClN4. The molecule has 0 amide bonds. The largest absolute Gasteiger partial charge is 0.306 e. The third kappa shape index (κ3) is 3.82. The molecule has 0 saturated carbocycles. The van der Waals surface area contributed by atoms with E-state index in [0.717, 1.165) is 35.2 Å². The molecule has 1 aromatic carbocycles. The van der Waals surface area contributed by atoms with Gasteiger partial charge in [0, 0.05) is 41.0 Å². The number of rotatable bonds is 5. The molecule has 0 saturated heterocycles. The molecule has 2 atom stereocenters. The fraction of sp³-hybridized carbons (Fsp3) is 0.273. The average molecular weight is 379 g/mol. The van der Waals surface area contributed by atoms with Crippen LogP contribution in [0, 0.1) is 13.8 Å². The van der Waals surface area contributed by atoms with Crippen molar-refractivity contribution < 1.29 is 0 Å². The maximum atomic E-state index is 6.08. The van der Waals surface area contributed by atoms with Crippen molar-refractivity contribution in [2.24, 2.45) is 0 Å². The molecule has 0 aliphatic heterocycles. The number of allylic oxidation sites excluding steroid dienone is 1. The lowest BCUT2D eigenvalue weighted by Gasteiger charge is -2.15. The summed E-state index contributed by atoms with van der Waals surface area (Å²) >= 11 is 6.08. The highest BCUT2D eigenvalue weighted by Crippen LogP contribution is 2.33. The number of nitrogens with one attached hydrogen (secondary N) is 1. The summed E-state index contributed by atoms with van der Waals surface area (Å²) in [6.07, 6.45) is 7.41. The molecule has 27 heavy (non-hydrogen) atoms. The minimum atomic E-state index is 0.353. The van der Waals surface area contributed by atoms with E-state index >= 15 is 0 Å². The summed E-state index contributed by atoms with van der Waals surface area (Å²) in [4.78, 5) is 4.44. The van der Waals surface area contributed by atoms with Crippen LogP contribution in [-0.4, -0.2) is 20.8 Å². The second-order valence-electron chi connectivity index (χ2n) is 7.03. The predicted molar refractivity (Wildman–Crippen MR) is 109 cm³/mol. The highest BCUT2D eigenvalue weighted by atomic mass is 35.5. The van der Waals surface area contributed by atoms with Crippen molar-refractivity contribution in [3.8, 4) is 5.82 Å². The van der Waals surface area contributed by atoms with E-state index in [9.17, 15) is 0 Å². The summed E-state index contributed by atoms with van der Waals surface area (Å²) in [5.41, 5.74) is 4.75. The van der Waals surface area contributed by atoms with Gasteiger partial charge in [-0.2, -0.15) is 5.10 Å². The molecule has 0 bridgehead atoms. The Hall–Kier alpha value is -2.43. The zero-order valence-corrected chi connectivity index (χ0v) is 16.3. The zero-order valence-electron chi connectivity index (χ0n) is 15.6. The van der Waals surface area contributed by atoms with Gasteiger partial charge in [-0.3, -0.25) is 0 Å². The monoisotopic (exact) mass is 378 g/mol. The molecule has 138 valence electrons. The first-order valence-corrected chi connectivity index (χ1v) is 9.63. The van der Waals surface area contributed by atoms with E-state index < -0.39 is 0 Å². The highest BCUT2D eigenvalue weighted by Gasteiger charge is 2.26. The van der Waals surface area contributed by atoms with E-state index in [1.54, 1.807) is 6.20 Å². The summed E-state index contributed by atoms with van der Waals surface area (Å²) in [7, 11) is 0. The zero-order chi connectivity index (χ0) is 18.8. The van der Waals surface area contributed by atoms with Crippen LogP contribution in [-0.2, 0) is 6.54 Å². The first-order valence-electron chi connectivity index (χ1n) is 9.25. The number of hydrogen-bond donors (Lipinski definition) is 1. The van der Waals surface area contributed by atoms with Crippen molar-refractivity contribution in [1.29, 1.82) is 0 Å². The lowest BCUT2D eigenvalue weighted by atomic mass is 9.96. The minimum absolute atomic E-state index is 0.353. The van der Waals surface area contributed by atoms with E-state index in [4.69, 9.17) is 16.7 Å². The molecule has 4 nitrogen and oxygen atoms in total. The Kier molecular flexibility index (Phi) is 5.10. The number of halogens is 1. The number of nitrogens with zero attached hydrogens (tertiary/aromatic N) is 3. The normalized spacial score (nSPS) is 18.9. The van der Waals surface area contributed by atoms with E-state index in [1.807, 2.05) is 41.1 Å². The highest BCUT2D eigenvalue weighted by molar-refractivity contribution is 6.30. The number of benzene rings is 1. The molecule has 0 spiro atoms. The summed E-state index contributed by atoms with van der Waals surface area (Å²) in [5, 5.41) is 9.14. The maximum Gasteiger partial charge on any atom is 0.153 e. The third-order valence-electron chi connectivity index (χ3n) is 5.13. The van der Waals surface area contributed by atoms with Gasteiger partial charge in [-0.15, -0.1) is 0 Å². The second-order valence-corrected chi connectivity index (χ2v) is 7.47. The number of aromatic nitrogens is 3. The number of pyridine rings is 1. The number of aryl methyl sites for hydroxylation is 1. The summed E-state index contributed by atoms with van der Waals surface area (Å²) in [5.74, 6) is 1.24. The lowest BCUT2D eigenvalue weighted by Crippen LogP contribution is -2.25. The first-order chi connectivity index (χ1) is 13.1. The Morgan fingerprint density at radius 1 is 1.15 bits per heavy atom. The fourth-order valence-electron chi connectivity index (χ4n) is 3.85. The summed E-state index contributed by atoms with van der Waals surface area (Å²) < 4.78 is 1.95. The van der Waals surface area contributed by atoms with Crippen LogP contribution in [0.1, 0.15) is 34.9 Å². The van der Waals surface area contributed by atoms with E-state index in [-0.39, 0.29) is 0 Å². The van der Waals surface area contributed by atoms with Crippen molar-refractivity contribution in [2.45, 2.75) is 38.8 Å². The van der Waals surface area contributed by atoms with Gasteiger partial charge in [0.05, 0.1) is 5.69 Å². The Bertz CT molecular complexity index is 962. The molecule has 1 N–H and O–H groups in total. The van der Waals surface area contributed by atoms with Crippen molar-refractivity contribution in [3.63, 3.8) is 0 Å². The Labute approximate surface area is 164 Å². The molecule has 0 radical (unpaired) electrons. The molecule has 1 aliphatic rings. The van der Waals surface area contributed by atoms with Crippen molar-refractivity contribution in [1.82, 2.24) is 20.1 Å². The topological polar surface area (TPSA) is 42.7 Å². The predicted octanol–water partition coefficient (Wildman–Crippen LogP) is 4.74. The Morgan fingerprint density at radius 2 is 2.04 bits per heavy atom. The van der Waals surface area contributed by atoms with Crippen LogP contribution >= 0.6 is 11.6 Å². The molecule has 3 aromatic rings. The number of hydrogen-bond acceptors (Lipinski definition) is 3. The summed E-state index contributed by atoms with van der Waals surface area (Å²) in [6.45, 7) is 5.03. The van der Waals surface area contributed by atoms with Gasteiger partial charge in [0.25, 0.3) is 0 Å². The van der Waals surface area contributed by atoms with Crippen LogP contribution in [0.4, 0.5) is 0 Å². The van der Waals surface area contributed by atoms with Crippen LogP contribution in [0.15, 0.2) is 60.8 Å². The van der Waals surface area contributed by atoms with Gasteiger partial charge >= 0.3 is 0 Å². The van der Waals surface area contributed by atoms with Gasteiger partial charge in [0.2, 0.25) is 0 Å². The fourth-order valence-corrected chi connectivity index (χ4v) is 4.07. The third-order valence-corrected chi connectivity index (χ3v) is 5.36. The van der Waals surface area contributed by atoms with E-state index in [1.165, 1.54) is 11.1 Å². The van der Waals surface area contributed by atoms with Gasteiger partial charge in [-0.05, 0) is 50.1 Å². The maximum absolute atomic E-state index is 6.08. The van der Waals surface area contributed by atoms with Crippen molar-refractivity contribution in [2.75, 3.05) is 0 Å². The van der Waals surface area contributed by atoms with Gasteiger partial charge in [0.1, 0.15) is 0 Å². The molecule has 5 heteroatoms. The SMILES string of the molecule is Cc1nn(-c2ccccn2)c(C)c1[C@@H]1C=C[C@@H](NCc2cccc(Cl)c2)C1. The van der Waals surface area contributed by atoms with Crippen LogP contribution in [0.5, 0.6) is 0 Å². The smallest absolute Gasteiger partial charge is 0.153 e. The first kappa shape index (κ1) is 18.0. The molecule has 2 heterocycles. The lowest BCUT2D eigenvalue weighted by molar-refractivity contribution is 0.559. The standard InChI is InChI=1S/C22H23ClN4/c1-15-22(16(2)27(26-15)21-8-3-4-11-24-21)18-9-10-20(13-18)25-14-17-6-5-7-19(23)12-17/h3-12,18,20,25H,13-14H2,1-2H3/t18-,20-/m1/s1. The summed E-state index contributed by atoms with van der Waals surface area (Å²) in [6, 6.07) is 14.3. The van der Waals surface area contributed by atoms with Gasteiger partial charge in [-0.25, -0.2) is 9.67 Å². The van der Waals surface area contributed by atoms with Gasteiger partial charge in [0.15, 0.2) is 5.82 Å². The molecule has 1 aliphatic carbocycles. The van der Waals surface area contributed by atoms with Crippen LogP contribution in [0.3, 0.4) is 0 Å². The van der Waals surface area contributed by atoms with Crippen LogP contribution in [0.25, 0.3) is 5.82 Å². The van der Waals surface area contributed by atoms with Crippen molar-refractivity contribution >= 4 is 11.6 Å². The molecule has 2 aromatic heterocycles. The minimum Gasteiger partial charge on any atom is -0.306 e. The quantitative estimate of drug-likeness (QED) is 0.652. The molecule has 4 rings (SSSR count). The second kappa shape index (κ2) is 7.67. The van der Waals surface area contributed by atoms with Gasteiger partial charge in [-0.1, -0.05) is 42.0 Å². The molecule has 0 fully saturated rings. The van der Waals surface area contributed by atoms with Crippen LogP contribution in [0.2, 0.25) is 5.02 Å². The average Bonchev–Trinajstić information content (AvgIpc) is 3.25. The van der Waals surface area contributed by atoms with Crippen LogP contribution < -0.4 is 5.32 Å². The Morgan fingerprint density at radius 3 is 2.81 bits per heavy atom. The Balaban J connectivity index is 1.46. The van der Waals surface area contributed by atoms with E-state index in [2.05, 4.69) is 42.4 Å². The molecule has 0 unspecified atom stereocenters. The van der Waals surface area contributed by atoms with Gasteiger partial charge < -0.3 is 5.32 Å². The van der Waals surface area contributed by atoms with E-state index in [0.29, 0.717) is 12.0 Å². The molecular weight excluding hydrogens is 356 g/mol.